The van der Waals surface area contributed by atoms with Crippen LogP contribution in [-0.4, -0.2) is 14.7 Å². The summed E-state index contributed by atoms with van der Waals surface area (Å²) < 4.78 is 1.23. The van der Waals surface area contributed by atoms with Crippen molar-refractivity contribution in [3.63, 3.8) is 0 Å². The second-order valence-electron chi connectivity index (χ2n) is 6.97. The minimum atomic E-state index is 0.0307. The highest BCUT2D eigenvalue weighted by atomic mass is 32.2. The maximum atomic E-state index is 4.58. The predicted octanol–water partition coefficient (Wildman–Crippen LogP) is 6.49. The maximum Gasteiger partial charge on any atom is 0.0832 e. The van der Waals surface area contributed by atoms with Crippen molar-refractivity contribution >= 4 is 61.2 Å². The van der Waals surface area contributed by atoms with Gasteiger partial charge in [0, 0.05) is 32.6 Å². The van der Waals surface area contributed by atoms with Gasteiger partial charge < -0.3 is 5.32 Å². The molecule has 0 saturated carbocycles. The fourth-order valence-electron chi connectivity index (χ4n) is 3.35. The van der Waals surface area contributed by atoms with E-state index in [1.807, 2.05) is 29.5 Å². The molecule has 2 aromatic heterocycles. The minimum Gasteiger partial charge on any atom is -0.355 e. The highest BCUT2D eigenvalue weighted by Gasteiger charge is 2.33. The van der Waals surface area contributed by atoms with Crippen LogP contribution in [0.4, 0.5) is 11.4 Å². The number of nitrogens with zero attached hydrogens (tertiary/aromatic N) is 2. The molecule has 1 aliphatic heterocycles. The molecular formula is C21H17N3S2. The molecule has 0 aliphatic carbocycles. The van der Waals surface area contributed by atoms with Crippen molar-refractivity contribution in [2.24, 2.45) is 0 Å². The first-order valence-corrected chi connectivity index (χ1v) is 10.1. The lowest BCUT2D eigenvalue weighted by atomic mass is 9.96. The molecule has 0 unspecified atom stereocenters. The van der Waals surface area contributed by atoms with Crippen molar-refractivity contribution in [1.29, 1.82) is 0 Å². The normalized spacial score (nSPS) is 15.5. The van der Waals surface area contributed by atoms with Crippen LogP contribution in [0, 0.1) is 0 Å². The molecule has 0 spiro atoms. The number of aromatic nitrogens is 2. The Kier molecular flexibility index (Phi) is 3.39. The number of thiazole rings is 1. The number of hydrogen-bond donors (Lipinski definition) is 1. The zero-order valence-corrected chi connectivity index (χ0v) is 16.2. The predicted molar refractivity (Wildman–Crippen MR) is 114 cm³/mol. The van der Waals surface area contributed by atoms with Gasteiger partial charge >= 0.3 is 0 Å². The molecule has 1 aliphatic rings. The monoisotopic (exact) mass is 375 g/mol. The maximum absolute atomic E-state index is 4.58. The smallest absolute Gasteiger partial charge is 0.0832 e. The number of rotatable bonds is 2. The van der Waals surface area contributed by atoms with Gasteiger partial charge in [0.15, 0.2) is 0 Å². The molecule has 26 heavy (non-hydrogen) atoms. The van der Waals surface area contributed by atoms with Crippen molar-refractivity contribution in [1.82, 2.24) is 9.97 Å². The number of thioether (sulfide) groups is 1. The first kappa shape index (κ1) is 15.9. The summed E-state index contributed by atoms with van der Waals surface area (Å²) in [5.41, 5.74) is 8.38. The summed E-state index contributed by atoms with van der Waals surface area (Å²) in [7, 11) is 0. The van der Waals surface area contributed by atoms with E-state index >= 15 is 0 Å². The highest BCUT2D eigenvalue weighted by Crippen LogP contribution is 2.52. The third-order valence-electron chi connectivity index (χ3n) is 4.87. The van der Waals surface area contributed by atoms with Crippen LogP contribution in [0.25, 0.3) is 26.7 Å². The zero-order valence-electron chi connectivity index (χ0n) is 14.5. The topological polar surface area (TPSA) is 37.8 Å². The van der Waals surface area contributed by atoms with Crippen LogP contribution < -0.4 is 5.32 Å². The second-order valence-corrected chi connectivity index (χ2v) is 9.53. The number of anilines is 2. The lowest BCUT2D eigenvalue weighted by Crippen LogP contribution is -2.09. The van der Waals surface area contributed by atoms with Gasteiger partial charge in [-0.05, 0) is 61.4 Å². The summed E-state index contributed by atoms with van der Waals surface area (Å²) in [5, 5.41) is 4.67. The molecule has 0 radical (unpaired) electrons. The molecule has 1 N–H and O–H groups in total. The van der Waals surface area contributed by atoms with E-state index < -0.39 is 0 Å². The highest BCUT2D eigenvalue weighted by molar-refractivity contribution is 8.01. The number of benzene rings is 2. The van der Waals surface area contributed by atoms with Gasteiger partial charge in [0.1, 0.15) is 0 Å². The standard InChI is InChI=1S/C21H17N3S2/c1-12-14-9-17-15(10-20(14)26-21(12,2)3)16(6-7-22-17)24-13-4-5-19-18(8-13)23-11-25-19/h4-11H,1H2,2-3H3,(H,22,24). The molecular weight excluding hydrogens is 358 g/mol. The van der Waals surface area contributed by atoms with Gasteiger partial charge in [-0.2, -0.15) is 0 Å². The zero-order chi connectivity index (χ0) is 17.9. The summed E-state index contributed by atoms with van der Waals surface area (Å²) in [5.74, 6) is 0. The number of fused-ring (bicyclic) bond motifs is 3. The lowest BCUT2D eigenvalue weighted by Gasteiger charge is -2.16. The van der Waals surface area contributed by atoms with Crippen molar-refractivity contribution in [3.8, 4) is 0 Å². The van der Waals surface area contributed by atoms with Crippen LogP contribution in [0.15, 0.2) is 59.6 Å². The van der Waals surface area contributed by atoms with Gasteiger partial charge in [-0.15, -0.1) is 23.1 Å². The number of nitrogens with one attached hydrogen (secondary N) is 1. The molecule has 3 nitrogen and oxygen atoms in total. The Morgan fingerprint density at radius 1 is 1.04 bits per heavy atom. The van der Waals surface area contributed by atoms with Crippen LogP contribution >= 0.6 is 23.1 Å². The van der Waals surface area contributed by atoms with Crippen LogP contribution in [0.3, 0.4) is 0 Å². The molecule has 0 amide bonds. The average molecular weight is 376 g/mol. The quantitative estimate of drug-likeness (QED) is 0.435. The van der Waals surface area contributed by atoms with E-state index in [0.717, 1.165) is 27.8 Å². The van der Waals surface area contributed by atoms with E-state index in [9.17, 15) is 0 Å². The number of pyridine rings is 1. The third kappa shape index (κ3) is 2.42. The van der Waals surface area contributed by atoms with Gasteiger partial charge in [0.25, 0.3) is 0 Å². The molecule has 5 rings (SSSR count). The molecule has 128 valence electrons. The summed E-state index contributed by atoms with van der Waals surface area (Å²) >= 11 is 3.53. The van der Waals surface area contributed by atoms with Crippen LogP contribution in [0.5, 0.6) is 0 Å². The first-order chi connectivity index (χ1) is 12.5. The van der Waals surface area contributed by atoms with E-state index in [-0.39, 0.29) is 4.75 Å². The van der Waals surface area contributed by atoms with Gasteiger partial charge in [0.2, 0.25) is 0 Å². The largest absolute Gasteiger partial charge is 0.355 e. The summed E-state index contributed by atoms with van der Waals surface area (Å²) in [6.07, 6.45) is 1.86. The Morgan fingerprint density at radius 3 is 2.81 bits per heavy atom. The van der Waals surface area contributed by atoms with Crippen molar-refractivity contribution < 1.29 is 0 Å². The Labute approximate surface area is 160 Å². The second kappa shape index (κ2) is 5.56. The van der Waals surface area contributed by atoms with E-state index in [1.54, 1.807) is 11.3 Å². The molecule has 0 fully saturated rings. The van der Waals surface area contributed by atoms with Crippen LogP contribution in [0.1, 0.15) is 19.4 Å². The van der Waals surface area contributed by atoms with Gasteiger partial charge in [0.05, 0.1) is 21.2 Å². The van der Waals surface area contributed by atoms with E-state index in [4.69, 9.17) is 0 Å². The Hall–Kier alpha value is -2.37. The molecule has 3 heterocycles. The summed E-state index contributed by atoms with van der Waals surface area (Å²) in [6.45, 7) is 8.74. The summed E-state index contributed by atoms with van der Waals surface area (Å²) in [6, 6.07) is 12.7. The van der Waals surface area contributed by atoms with Gasteiger partial charge in [-0.1, -0.05) is 6.58 Å². The average Bonchev–Trinajstić information content (AvgIpc) is 3.16. The van der Waals surface area contributed by atoms with Gasteiger partial charge in [-0.25, -0.2) is 4.98 Å². The van der Waals surface area contributed by atoms with E-state index in [1.165, 1.54) is 20.7 Å². The van der Waals surface area contributed by atoms with Crippen molar-refractivity contribution in [3.05, 3.63) is 60.2 Å². The fourth-order valence-corrected chi connectivity index (χ4v) is 5.26. The summed E-state index contributed by atoms with van der Waals surface area (Å²) in [4.78, 5) is 10.3. The van der Waals surface area contributed by atoms with E-state index in [0.29, 0.717) is 0 Å². The molecule has 0 bridgehead atoms. The number of hydrogen-bond acceptors (Lipinski definition) is 5. The van der Waals surface area contributed by atoms with Crippen molar-refractivity contribution in [2.75, 3.05) is 5.32 Å². The molecule has 0 saturated heterocycles. The van der Waals surface area contributed by atoms with Gasteiger partial charge in [-0.3, -0.25) is 4.98 Å². The van der Waals surface area contributed by atoms with Crippen molar-refractivity contribution in [2.45, 2.75) is 23.5 Å². The molecule has 0 atom stereocenters. The van der Waals surface area contributed by atoms with Crippen LogP contribution in [0.2, 0.25) is 0 Å². The van der Waals surface area contributed by atoms with Crippen LogP contribution in [-0.2, 0) is 0 Å². The third-order valence-corrected chi connectivity index (χ3v) is 6.99. The van der Waals surface area contributed by atoms with E-state index in [2.05, 4.69) is 66.0 Å². The molecule has 5 heteroatoms. The Morgan fingerprint density at radius 2 is 1.92 bits per heavy atom. The Balaban J connectivity index is 1.61. The fraction of sp³-hybridized carbons (Fsp3) is 0.143. The SMILES string of the molecule is C=C1c2cc3nccc(Nc4ccc5scnc5c4)c3cc2SC1(C)C. The first-order valence-electron chi connectivity index (χ1n) is 8.43. The Bertz CT molecular complexity index is 1190. The molecule has 2 aromatic carbocycles. The molecule has 4 aromatic rings. The lowest BCUT2D eigenvalue weighted by molar-refractivity contribution is 0.938. The minimum absolute atomic E-state index is 0.0307.